The summed E-state index contributed by atoms with van der Waals surface area (Å²) in [6.07, 6.45) is 3.60. The van der Waals surface area contributed by atoms with Crippen LogP contribution in [-0.4, -0.2) is 31.2 Å². The van der Waals surface area contributed by atoms with Gasteiger partial charge in [0.05, 0.1) is 5.25 Å². The third-order valence-corrected chi connectivity index (χ3v) is 6.11. The monoisotopic (exact) mass is 472 g/mol. The zero-order valence-corrected chi connectivity index (χ0v) is 19.6. The number of nitrogens with zero attached hydrogens (tertiary/aromatic N) is 3. The van der Waals surface area contributed by atoms with Gasteiger partial charge in [0.1, 0.15) is 11.6 Å². The van der Waals surface area contributed by atoms with E-state index in [4.69, 9.17) is 0 Å². The van der Waals surface area contributed by atoms with E-state index in [9.17, 15) is 9.18 Å². The summed E-state index contributed by atoms with van der Waals surface area (Å²) in [6.45, 7) is 2.93. The number of aromatic nitrogens is 3. The van der Waals surface area contributed by atoms with Crippen molar-refractivity contribution in [3.8, 4) is 0 Å². The van der Waals surface area contributed by atoms with Crippen molar-refractivity contribution in [1.29, 1.82) is 0 Å². The van der Waals surface area contributed by atoms with Gasteiger partial charge in [-0.2, -0.15) is 0 Å². The van der Waals surface area contributed by atoms with Gasteiger partial charge in [-0.15, -0.1) is 5.10 Å². The molecule has 0 fully saturated rings. The molecule has 0 spiro atoms. The highest BCUT2D eigenvalue weighted by atomic mass is 32.2. The summed E-state index contributed by atoms with van der Waals surface area (Å²) in [6, 6.07) is 26.1. The topological polar surface area (TPSA) is 61.9 Å². The van der Waals surface area contributed by atoms with Crippen molar-refractivity contribution in [1.82, 2.24) is 20.1 Å². The Kier molecular flexibility index (Phi) is 7.88. The van der Waals surface area contributed by atoms with Crippen molar-refractivity contribution in [2.75, 3.05) is 0 Å². The van der Waals surface area contributed by atoms with Crippen molar-refractivity contribution < 1.29 is 9.18 Å². The number of benzene rings is 3. The highest BCUT2D eigenvalue weighted by Crippen LogP contribution is 2.23. The summed E-state index contributed by atoms with van der Waals surface area (Å²) in [5.74, 6) is 0.311. The van der Waals surface area contributed by atoms with Gasteiger partial charge in [-0.1, -0.05) is 90.6 Å². The third-order valence-electron chi connectivity index (χ3n) is 5.16. The van der Waals surface area contributed by atoms with E-state index >= 15 is 0 Å². The van der Waals surface area contributed by atoms with E-state index in [1.807, 2.05) is 78.6 Å². The van der Waals surface area contributed by atoms with Crippen molar-refractivity contribution in [3.63, 3.8) is 0 Å². The Bertz CT molecular complexity index is 1190. The second kappa shape index (κ2) is 11.4. The molecule has 0 unspecified atom stereocenters. The molecule has 4 aromatic rings. The number of H-pyrrole nitrogens is 1. The Labute approximate surface area is 202 Å². The van der Waals surface area contributed by atoms with Crippen LogP contribution in [0.1, 0.15) is 29.4 Å². The van der Waals surface area contributed by atoms with Crippen LogP contribution in [0.4, 0.5) is 4.39 Å². The van der Waals surface area contributed by atoms with E-state index in [0.29, 0.717) is 24.1 Å². The van der Waals surface area contributed by atoms with E-state index in [-0.39, 0.29) is 17.0 Å². The molecule has 0 saturated heterocycles. The summed E-state index contributed by atoms with van der Waals surface area (Å²) in [4.78, 5) is 19.7. The molecule has 172 valence electrons. The van der Waals surface area contributed by atoms with Crippen molar-refractivity contribution in [3.05, 3.63) is 113 Å². The number of thioether (sulfide) groups is 1. The first-order valence-electron chi connectivity index (χ1n) is 11.0. The Morgan fingerprint density at radius 2 is 1.53 bits per heavy atom. The largest absolute Gasteiger partial charge is 0.333 e. The second-order valence-corrected chi connectivity index (χ2v) is 9.12. The molecule has 0 aliphatic heterocycles. The van der Waals surface area contributed by atoms with E-state index in [0.717, 1.165) is 16.7 Å². The molecule has 0 saturated carbocycles. The summed E-state index contributed by atoms with van der Waals surface area (Å²) < 4.78 is 13.1. The lowest BCUT2D eigenvalue weighted by Gasteiger charge is -2.25. The fourth-order valence-electron chi connectivity index (χ4n) is 3.42. The predicted molar refractivity (Wildman–Crippen MR) is 134 cm³/mol. The standard InChI is InChI=1S/C27H25FN4OS/c1-20(34-27-29-25(30-31-27)17-14-21-12-15-24(28)16-13-21)26(33)32(18-22-8-4-2-5-9-22)19-23-10-6-3-7-11-23/h2-17,20H,18-19H2,1H3,(H,29,30,31)/b17-14-/t20-/m0/s1. The molecule has 1 aromatic heterocycles. The summed E-state index contributed by atoms with van der Waals surface area (Å²) in [7, 11) is 0. The maximum absolute atomic E-state index is 13.4. The number of halogens is 1. The minimum absolute atomic E-state index is 0.0194. The van der Waals surface area contributed by atoms with Gasteiger partial charge in [-0.25, -0.2) is 9.37 Å². The molecule has 7 heteroatoms. The average molecular weight is 473 g/mol. The zero-order valence-electron chi connectivity index (χ0n) is 18.8. The summed E-state index contributed by atoms with van der Waals surface area (Å²) in [5, 5.41) is 7.25. The van der Waals surface area contributed by atoms with Crippen molar-refractivity contribution in [2.45, 2.75) is 30.4 Å². The maximum atomic E-state index is 13.4. The molecule has 4 rings (SSSR count). The third kappa shape index (κ3) is 6.65. The zero-order chi connectivity index (χ0) is 23.8. The van der Waals surface area contributed by atoms with Crippen LogP contribution in [0.2, 0.25) is 0 Å². The molecule has 34 heavy (non-hydrogen) atoms. The molecule has 3 aromatic carbocycles. The minimum Gasteiger partial charge on any atom is -0.333 e. The van der Waals surface area contributed by atoms with Gasteiger partial charge in [-0.3, -0.25) is 9.89 Å². The lowest BCUT2D eigenvalue weighted by Crippen LogP contribution is -2.35. The van der Waals surface area contributed by atoms with Crippen LogP contribution in [0.15, 0.2) is 90.1 Å². The number of carbonyl (C=O) groups excluding carboxylic acids is 1. The fraction of sp³-hybridized carbons (Fsp3) is 0.148. The smallest absolute Gasteiger partial charge is 0.236 e. The van der Waals surface area contributed by atoms with E-state index in [1.54, 1.807) is 18.2 Å². The number of hydrogen-bond donors (Lipinski definition) is 1. The number of rotatable bonds is 9. The van der Waals surface area contributed by atoms with E-state index in [2.05, 4.69) is 15.2 Å². The Morgan fingerprint density at radius 3 is 2.12 bits per heavy atom. The molecule has 1 amide bonds. The van der Waals surface area contributed by atoms with Gasteiger partial charge in [0, 0.05) is 13.1 Å². The number of nitrogens with one attached hydrogen (secondary N) is 1. The number of carbonyl (C=O) groups is 1. The van der Waals surface area contributed by atoms with Gasteiger partial charge < -0.3 is 4.90 Å². The fourth-order valence-corrected chi connectivity index (χ4v) is 4.23. The first-order chi connectivity index (χ1) is 16.6. The van der Waals surface area contributed by atoms with Crippen molar-refractivity contribution >= 4 is 29.8 Å². The summed E-state index contributed by atoms with van der Waals surface area (Å²) >= 11 is 1.32. The summed E-state index contributed by atoms with van der Waals surface area (Å²) in [5.41, 5.74) is 3.01. The van der Waals surface area contributed by atoms with Gasteiger partial charge in [0.15, 0.2) is 0 Å². The van der Waals surface area contributed by atoms with Gasteiger partial charge in [0.25, 0.3) is 0 Å². The van der Waals surface area contributed by atoms with Gasteiger partial charge in [0.2, 0.25) is 11.1 Å². The molecule has 0 bridgehead atoms. The second-order valence-electron chi connectivity index (χ2n) is 7.81. The average Bonchev–Trinajstić information content (AvgIpc) is 3.31. The first-order valence-corrected chi connectivity index (χ1v) is 11.8. The molecule has 5 nitrogen and oxygen atoms in total. The van der Waals surface area contributed by atoms with E-state index < -0.39 is 0 Å². The van der Waals surface area contributed by atoms with Crippen LogP contribution in [0, 0.1) is 5.82 Å². The molecule has 1 N–H and O–H groups in total. The van der Waals surface area contributed by atoms with Crippen molar-refractivity contribution in [2.24, 2.45) is 0 Å². The molecular weight excluding hydrogens is 447 g/mol. The Morgan fingerprint density at radius 1 is 0.941 bits per heavy atom. The lowest BCUT2D eigenvalue weighted by molar-refractivity contribution is -0.131. The Hall–Kier alpha value is -3.71. The number of amides is 1. The van der Waals surface area contributed by atoms with Crippen LogP contribution in [-0.2, 0) is 17.9 Å². The van der Waals surface area contributed by atoms with Crippen LogP contribution >= 0.6 is 11.8 Å². The molecule has 1 atom stereocenters. The predicted octanol–water partition coefficient (Wildman–Crippen LogP) is 5.82. The number of hydrogen-bond acceptors (Lipinski definition) is 4. The highest BCUT2D eigenvalue weighted by molar-refractivity contribution is 8.00. The van der Waals surface area contributed by atoms with Gasteiger partial charge in [-0.05, 0) is 41.8 Å². The van der Waals surface area contributed by atoms with E-state index in [1.165, 1.54) is 23.9 Å². The van der Waals surface area contributed by atoms with Crippen LogP contribution in [0.5, 0.6) is 0 Å². The van der Waals surface area contributed by atoms with Crippen LogP contribution in [0.25, 0.3) is 12.2 Å². The highest BCUT2D eigenvalue weighted by Gasteiger charge is 2.23. The minimum atomic E-state index is -0.364. The molecule has 0 radical (unpaired) electrons. The normalized spacial score (nSPS) is 12.1. The van der Waals surface area contributed by atoms with Gasteiger partial charge >= 0.3 is 0 Å². The molecular formula is C27H25FN4OS. The van der Waals surface area contributed by atoms with Crippen LogP contribution < -0.4 is 0 Å². The Balaban J connectivity index is 1.43. The molecule has 0 aliphatic carbocycles. The first kappa shape index (κ1) is 23.4. The SMILES string of the molecule is C[C@H](Sc1n[nH]c(/C=C\c2ccc(F)cc2)n1)C(=O)N(Cc1ccccc1)Cc1ccccc1. The number of aromatic amines is 1. The van der Waals surface area contributed by atoms with Crippen LogP contribution in [0.3, 0.4) is 0 Å². The molecule has 0 aliphatic rings. The lowest BCUT2D eigenvalue weighted by atomic mass is 10.1. The quantitative estimate of drug-likeness (QED) is 0.312. The molecule has 1 heterocycles. The maximum Gasteiger partial charge on any atom is 0.236 e.